The van der Waals surface area contributed by atoms with Gasteiger partial charge in [-0.1, -0.05) is 67.0 Å². The third-order valence-corrected chi connectivity index (χ3v) is 6.01. The molecule has 2 aromatic rings. The van der Waals surface area contributed by atoms with E-state index in [0.29, 0.717) is 12.8 Å². The van der Waals surface area contributed by atoms with E-state index < -0.39 is 16.0 Å². The zero-order chi connectivity index (χ0) is 19.2. The minimum atomic E-state index is -1.18. The third kappa shape index (κ3) is 4.92. The lowest BCUT2D eigenvalue weighted by molar-refractivity contribution is -0.108. The summed E-state index contributed by atoms with van der Waals surface area (Å²) in [6.07, 6.45) is 5.43. The van der Waals surface area contributed by atoms with Gasteiger partial charge in [0.1, 0.15) is 12.4 Å². The van der Waals surface area contributed by atoms with Crippen molar-refractivity contribution in [3.63, 3.8) is 0 Å². The number of hydrogen-bond donors (Lipinski definition) is 0. The smallest absolute Gasteiger partial charge is 0.135 e. The Labute approximate surface area is 163 Å². The molecule has 1 heterocycles. The van der Waals surface area contributed by atoms with E-state index in [9.17, 15) is 9.00 Å². The van der Waals surface area contributed by atoms with Crippen molar-refractivity contribution >= 4 is 22.8 Å². The van der Waals surface area contributed by atoms with Crippen molar-refractivity contribution in [3.8, 4) is 11.1 Å². The van der Waals surface area contributed by atoms with Crippen LogP contribution in [-0.4, -0.2) is 33.8 Å². The predicted molar refractivity (Wildman–Crippen MR) is 110 cm³/mol. The summed E-state index contributed by atoms with van der Waals surface area (Å²) in [6, 6.07) is 17.0. The fraction of sp³-hybridized carbons (Fsp3) is 0.364. The van der Waals surface area contributed by atoms with Gasteiger partial charge in [0.25, 0.3) is 0 Å². The number of oxime groups is 1. The monoisotopic (exact) mass is 383 g/mol. The molecule has 0 N–H and O–H groups in total. The van der Waals surface area contributed by atoms with Gasteiger partial charge in [-0.05, 0) is 28.7 Å². The van der Waals surface area contributed by atoms with E-state index >= 15 is 0 Å². The van der Waals surface area contributed by atoms with E-state index in [2.05, 4.69) is 60.6 Å². The second-order valence-corrected chi connectivity index (χ2v) is 8.51. The third-order valence-electron chi connectivity index (χ3n) is 4.85. The molecule has 1 aliphatic heterocycles. The average Bonchev–Trinajstić information content (AvgIpc) is 3.15. The van der Waals surface area contributed by atoms with Crippen LogP contribution in [0.3, 0.4) is 0 Å². The Bertz CT molecular complexity index is 828. The molecule has 5 heteroatoms. The Morgan fingerprint density at radius 3 is 2.26 bits per heavy atom. The molecule has 2 aromatic carbocycles. The molecule has 3 rings (SSSR count). The highest BCUT2D eigenvalue weighted by atomic mass is 32.2. The molecule has 0 aromatic heterocycles. The molecule has 0 amide bonds. The van der Waals surface area contributed by atoms with Gasteiger partial charge in [0.2, 0.25) is 0 Å². The summed E-state index contributed by atoms with van der Waals surface area (Å²) in [5, 5.41) is 3.67. The van der Waals surface area contributed by atoms with Gasteiger partial charge in [0.15, 0.2) is 0 Å². The van der Waals surface area contributed by atoms with Gasteiger partial charge in [0, 0.05) is 29.9 Å². The highest BCUT2D eigenvalue weighted by molar-refractivity contribution is 7.85. The second kappa shape index (κ2) is 9.09. The lowest BCUT2D eigenvalue weighted by Crippen LogP contribution is -2.23. The topological polar surface area (TPSA) is 55.7 Å². The minimum absolute atomic E-state index is 0.190. The first-order chi connectivity index (χ1) is 13.1. The van der Waals surface area contributed by atoms with Crippen molar-refractivity contribution in [1.82, 2.24) is 0 Å². The number of aryl methyl sites for hydroxylation is 1. The second-order valence-electron chi connectivity index (χ2n) is 6.90. The first-order valence-electron chi connectivity index (χ1n) is 9.30. The Morgan fingerprint density at radius 1 is 1.11 bits per heavy atom. The Morgan fingerprint density at radius 2 is 1.70 bits per heavy atom. The van der Waals surface area contributed by atoms with Crippen LogP contribution < -0.4 is 0 Å². The van der Waals surface area contributed by atoms with Crippen molar-refractivity contribution in [3.05, 3.63) is 59.7 Å². The maximum Gasteiger partial charge on any atom is 0.135 e. The van der Waals surface area contributed by atoms with Crippen molar-refractivity contribution in [1.29, 1.82) is 0 Å². The van der Waals surface area contributed by atoms with Crippen LogP contribution in [0.4, 0.5) is 0 Å². The fourth-order valence-corrected chi connectivity index (χ4v) is 3.90. The average molecular weight is 384 g/mol. The van der Waals surface area contributed by atoms with E-state index in [4.69, 9.17) is 4.84 Å². The summed E-state index contributed by atoms with van der Waals surface area (Å²) < 4.78 is 11.5. The molecule has 27 heavy (non-hydrogen) atoms. The molecule has 0 radical (unpaired) electrons. The SMILES string of the molecule is CCCc1ccc(-c2ccc(C3=NOC(CC(C=O)S(C)=O)C3)cc2)cc1. The Balaban J connectivity index is 1.64. The molecule has 0 fully saturated rings. The quantitative estimate of drug-likeness (QED) is 0.644. The molecule has 0 aliphatic carbocycles. The number of aldehydes is 1. The van der Waals surface area contributed by atoms with Gasteiger partial charge in [-0.15, -0.1) is 0 Å². The Kier molecular flexibility index (Phi) is 6.56. The number of hydrogen-bond acceptors (Lipinski definition) is 4. The van der Waals surface area contributed by atoms with Gasteiger partial charge >= 0.3 is 0 Å². The zero-order valence-corrected chi connectivity index (χ0v) is 16.6. The van der Waals surface area contributed by atoms with E-state index in [-0.39, 0.29) is 6.10 Å². The molecular formula is C22H25NO3S. The van der Waals surface area contributed by atoms with E-state index in [0.717, 1.165) is 30.4 Å². The zero-order valence-electron chi connectivity index (χ0n) is 15.8. The number of benzene rings is 2. The van der Waals surface area contributed by atoms with Gasteiger partial charge in [-0.2, -0.15) is 0 Å². The maximum atomic E-state index is 11.5. The fourth-order valence-electron chi connectivity index (χ4n) is 3.26. The minimum Gasteiger partial charge on any atom is -0.392 e. The van der Waals surface area contributed by atoms with Gasteiger partial charge in [-0.25, -0.2) is 0 Å². The van der Waals surface area contributed by atoms with E-state index in [1.807, 2.05) is 0 Å². The summed E-state index contributed by atoms with van der Waals surface area (Å²) in [6.45, 7) is 2.19. The molecule has 3 unspecified atom stereocenters. The van der Waals surface area contributed by atoms with Crippen molar-refractivity contribution < 1.29 is 13.8 Å². The van der Waals surface area contributed by atoms with Crippen molar-refractivity contribution in [2.75, 3.05) is 6.26 Å². The first kappa shape index (κ1) is 19.5. The molecule has 142 valence electrons. The molecular weight excluding hydrogens is 358 g/mol. The molecule has 0 saturated heterocycles. The first-order valence-corrected chi connectivity index (χ1v) is 10.9. The lowest BCUT2D eigenvalue weighted by atomic mass is 9.98. The van der Waals surface area contributed by atoms with Crippen LogP contribution in [0.2, 0.25) is 0 Å². The van der Waals surface area contributed by atoms with Crippen LogP contribution >= 0.6 is 0 Å². The maximum absolute atomic E-state index is 11.5. The van der Waals surface area contributed by atoms with Gasteiger partial charge in [0.05, 0.1) is 11.0 Å². The number of carbonyl (C=O) groups is 1. The van der Waals surface area contributed by atoms with Crippen LogP contribution in [0.25, 0.3) is 11.1 Å². The molecule has 4 nitrogen and oxygen atoms in total. The lowest BCUT2D eigenvalue weighted by Gasteiger charge is -2.11. The van der Waals surface area contributed by atoms with Gasteiger partial charge < -0.3 is 9.63 Å². The normalized spacial score (nSPS) is 18.4. The molecule has 0 saturated carbocycles. The molecule has 3 atom stereocenters. The predicted octanol–water partition coefficient (Wildman–Crippen LogP) is 4.14. The van der Waals surface area contributed by atoms with Crippen LogP contribution in [0.15, 0.2) is 53.7 Å². The summed E-state index contributed by atoms with van der Waals surface area (Å²) in [5.74, 6) is 0. The van der Waals surface area contributed by atoms with E-state index in [1.165, 1.54) is 16.7 Å². The summed E-state index contributed by atoms with van der Waals surface area (Å²) in [5.41, 5.74) is 5.62. The summed E-state index contributed by atoms with van der Waals surface area (Å²) in [7, 11) is -1.18. The highest BCUT2D eigenvalue weighted by Gasteiger charge is 2.27. The molecule has 0 spiro atoms. The largest absolute Gasteiger partial charge is 0.392 e. The highest BCUT2D eigenvalue weighted by Crippen LogP contribution is 2.24. The number of rotatable bonds is 8. The number of carbonyl (C=O) groups excluding carboxylic acids is 1. The van der Waals surface area contributed by atoms with Crippen molar-refractivity contribution in [2.45, 2.75) is 44.0 Å². The molecule has 0 bridgehead atoms. The standard InChI is InChI=1S/C22H25NO3S/c1-3-4-16-5-7-17(8-6-16)18-9-11-19(12-10-18)22-14-20(26-23-22)13-21(15-24)27(2)25/h5-12,15,20-21H,3-4,13-14H2,1-2H3. The van der Waals surface area contributed by atoms with Crippen molar-refractivity contribution in [2.24, 2.45) is 5.16 Å². The molecule has 1 aliphatic rings. The van der Waals surface area contributed by atoms with Crippen LogP contribution in [-0.2, 0) is 26.9 Å². The van der Waals surface area contributed by atoms with Gasteiger partial charge in [-0.3, -0.25) is 4.21 Å². The van der Waals surface area contributed by atoms with Crippen LogP contribution in [0.5, 0.6) is 0 Å². The number of nitrogens with zero attached hydrogens (tertiary/aromatic N) is 1. The summed E-state index contributed by atoms with van der Waals surface area (Å²) >= 11 is 0. The van der Waals surface area contributed by atoms with E-state index in [1.54, 1.807) is 6.26 Å². The van der Waals surface area contributed by atoms with Crippen LogP contribution in [0.1, 0.15) is 37.3 Å². The van der Waals surface area contributed by atoms with Crippen LogP contribution in [0, 0.1) is 0 Å². The Hall–Kier alpha value is -2.27. The summed E-state index contributed by atoms with van der Waals surface area (Å²) in [4.78, 5) is 16.5.